The van der Waals surface area contributed by atoms with E-state index in [9.17, 15) is 9.18 Å². The van der Waals surface area contributed by atoms with Gasteiger partial charge in [0.2, 0.25) is 5.91 Å². The third-order valence-corrected chi connectivity index (χ3v) is 5.81. The quantitative estimate of drug-likeness (QED) is 0.885. The average Bonchev–Trinajstić information content (AvgIpc) is 3.03. The minimum absolute atomic E-state index is 0.0759. The van der Waals surface area contributed by atoms with Crippen molar-refractivity contribution in [3.8, 4) is 0 Å². The van der Waals surface area contributed by atoms with Gasteiger partial charge in [-0.3, -0.25) is 4.79 Å². The van der Waals surface area contributed by atoms with E-state index in [1.165, 1.54) is 37.1 Å². The second-order valence-electron chi connectivity index (χ2n) is 6.08. The number of rotatable bonds is 5. The van der Waals surface area contributed by atoms with Crippen LogP contribution in [0, 0.1) is 17.7 Å². The fourth-order valence-corrected chi connectivity index (χ4v) is 4.55. The first-order valence-electron chi connectivity index (χ1n) is 7.43. The van der Waals surface area contributed by atoms with Gasteiger partial charge >= 0.3 is 0 Å². The Hall–Kier alpha value is -0.740. The summed E-state index contributed by atoms with van der Waals surface area (Å²) < 4.78 is 13.6. The first-order chi connectivity index (χ1) is 10.1. The Morgan fingerprint density at radius 3 is 2.90 bits per heavy atom. The molecule has 2 nitrogen and oxygen atoms in total. The summed E-state index contributed by atoms with van der Waals surface area (Å²) in [7, 11) is 0. The molecular formula is C16H19ClFNOS. The zero-order chi connectivity index (χ0) is 14.8. The van der Waals surface area contributed by atoms with E-state index in [4.69, 9.17) is 11.6 Å². The first-order valence-corrected chi connectivity index (χ1v) is 8.96. The molecule has 5 heteroatoms. The Kier molecular flexibility index (Phi) is 4.75. The number of benzene rings is 1. The Morgan fingerprint density at radius 2 is 2.24 bits per heavy atom. The van der Waals surface area contributed by atoms with Crippen LogP contribution < -0.4 is 5.32 Å². The zero-order valence-electron chi connectivity index (χ0n) is 11.8. The summed E-state index contributed by atoms with van der Waals surface area (Å²) in [4.78, 5) is 12.0. The summed E-state index contributed by atoms with van der Waals surface area (Å²) in [6.45, 7) is 0. The van der Waals surface area contributed by atoms with Crippen LogP contribution in [0.3, 0.4) is 0 Å². The zero-order valence-corrected chi connectivity index (χ0v) is 13.4. The number of carbonyl (C=O) groups is 1. The molecule has 1 aromatic rings. The largest absolute Gasteiger partial charge is 0.352 e. The molecule has 114 valence electrons. The molecule has 2 saturated carbocycles. The lowest BCUT2D eigenvalue weighted by Gasteiger charge is -2.22. The van der Waals surface area contributed by atoms with Crippen molar-refractivity contribution >= 4 is 29.3 Å². The lowest BCUT2D eigenvalue weighted by Crippen LogP contribution is -2.39. The summed E-state index contributed by atoms with van der Waals surface area (Å²) in [6, 6.07) is 5.05. The smallest absolute Gasteiger partial charge is 0.230 e. The van der Waals surface area contributed by atoms with Gasteiger partial charge in [-0.2, -0.15) is 0 Å². The van der Waals surface area contributed by atoms with Gasteiger partial charge in [0.05, 0.1) is 5.75 Å². The molecule has 21 heavy (non-hydrogen) atoms. The summed E-state index contributed by atoms with van der Waals surface area (Å²) in [5.41, 5.74) is 0.595. The van der Waals surface area contributed by atoms with E-state index < -0.39 is 0 Å². The number of fused-ring (bicyclic) bond motifs is 2. The van der Waals surface area contributed by atoms with Crippen LogP contribution in [0.5, 0.6) is 0 Å². The topological polar surface area (TPSA) is 29.1 Å². The van der Waals surface area contributed by atoms with Crippen LogP contribution in [-0.2, 0) is 10.5 Å². The van der Waals surface area contributed by atoms with Crippen LogP contribution in [0.25, 0.3) is 0 Å². The highest BCUT2D eigenvalue weighted by Gasteiger charge is 2.39. The second-order valence-corrected chi connectivity index (χ2v) is 7.50. The highest BCUT2D eigenvalue weighted by atomic mass is 35.5. The molecular weight excluding hydrogens is 309 g/mol. The van der Waals surface area contributed by atoms with Crippen LogP contribution in [0.15, 0.2) is 18.2 Å². The van der Waals surface area contributed by atoms with E-state index in [1.54, 1.807) is 12.1 Å². The van der Waals surface area contributed by atoms with Gasteiger partial charge in [-0.1, -0.05) is 24.1 Å². The standard InChI is InChI=1S/C16H19ClFNOS/c17-13-4-3-12(14(18)7-13)8-21-9-16(20)19-15-6-10-1-2-11(15)5-10/h3-4,7,10-11,15H,1-2,5-6,8-9H2,(H,19,20)/t10-,11-,15+/m1/s1. The third kappa shape index (κ3) is 3.72. The van der Waals surface area contributed by atoms with Crippen molar-refractivity contribution in [2.75, 3.05) is 5.75 Å². The number of carbonyl (C=O) groups excluding carboxylic acids is 1. The Morgan fingerprint density at radius 1 is 1.38 bits per heavy atom. The molecule has 0 unspecified atom stereocenters. The van der Waals surface area contributed by atoms with Crippen molar-refractivity contribution in [1.82, 2.24) is 5.32 Å². The van der Waals surface area contributed by atoms with Crippen LogP contribution in [-0.4, -0.2) is 17.7 Å². The van der Waals surface area contributed by atoms with Crippen LogP contribution >= 0.6 is 23.4 Å². The number of amides is 1. The lowest BCUT2D eigenvalue weighted by atomic mass is 9.95. The van der Waals surface area contributed by atoms with E-state index in [1.807, 2.05) is 0 Å². The fraction of sp³-hybridized carbons (Fsp3) is 0.562. The number of thioether (sulfide) groups is 1. The monoisotopic (exact) mass is 327 g/mol. The molecule has 2 aliphatic rings. The van der Waals surface area contributed by atoms with Gasteiger partial charge in [0.15, 0.2) is 0 Å². The normalized spacial score (nSPS) is 27.0. The van der Waals surface area contributed by atoms with Crippen molar-refractivity contribution in [3.63, 3.8) is 0 Å². The van der Waals surface area contributed by atoms with Crippen LogP contribution in [0.2, 0.25) is 5.02 Å². The molecule has 0 aliphatic heterocycles. The van der Waals surface area contributed by atoms with E-state index >= 15 is 0 Å². The Balaban J connectivity index is 1.42. The minimum atomic E-state index is -0.302. The minimum Gasteiger partial charge on any atom is -0.352 e. The lowest BCUT2D eigenvalue weighted by molar-refractivity contribution is -0.119. The van der Waals surface area contributed by atoms with Gasteiger partial charge in [-0.15, -0.1) is 11.8 Å². The average molecular weight is 328 g/mol. The van der Waals surface area contributed by atoms with Gasteiger partial charge in [0, 0.05) is 16.8 Å². The van der Waals surface area contributed by atoms with Gasteiger partial charge in [-0.05, 0) is 48.8 Å². The number of halogens is 2. The van der Waals surface area contributed by atoms with Crippen molar-refractivity contribution < 1.29 is 9.18 Å². The molecule has 3 atom stereocenters. The van der Waals surface area contributed by atoms with E-state index in [2.05, 4.69) is 5.32 Å². The fourth-order valence-electron chi connectivity index (χ4n) is 3.56. The predicted octanol–water partition coefficient (Wildman–Crippen LogP) is 4.02. The van der Waals surface area contributed by atoms with Gasteiger partial charge in [-0.25, -0.2) is 4.39 Å². The summed E-state index contributed by atoms with van der Waals surface area (Å²) >= 11 is 7.16. The molecule has 2 bridgehead atoms. The molecule has 2 aliphatic carbocycles. The van der Waals surface area contributed by atoms with Gasteiger partial charge in [0.1, 0.15) is 5.82 Å². The molecule has 1 N–H and O–H groups in total. The highest BCUT2D eigenvalue weighted by Crippen LogP contribution is 2.44. The van der Waals surface area contributed by atoms with Crippen LogP contribution in [0.4, 0.5) is 4.39 Å². The summed E-state index contributed by atoms with van der Waals surface area (Å²) in [5, 5.41) is 3.54. The maximum Gasteiger partial charge on any atom is 0.230 e. The molecule has 2 fully saturated rings. The second kappa shape index (κ2) is 6.57. The van der Waals surface area contributed by atoms with Crippen molar-refractivity contribution in [3.05, 3.63) is 34.6 Å². The summed E-state index contributed by atoms with van der Waals surface area (Å²) in [5.74, 6) is 2.17. The van der Waals surface area contributed by atoms with Gasteiger partial charge < -0.3 is 5.32 Å². The number of hydrogen-bond acceptors (Lipinski definition) is 2. The Labute approximate surface area is 133 Å². The number of nitrogens with one attached hydrogen (secondary N) is 1. The molecule has 0 radical (unpaired) electrons. The molecule has 1 amide bonds. The van der Waals surface area contributed by atoms with Crippen LogP contribution in [0.1, 0.15) is 31.2 Å². The summed E-state index contributed by atoms with van der Waals surface area (Å²) in [6.07, 6.45) is 5.03. The third-order valence-electron chi connectivity index (χ3n) is 4.59. The van der Waals surface area contributed by atoms with Gasteiger partial charge in [0.25, 0.3) is 0 Å². The van der Waals surface area contributed by atoms with Crippen molar-refractivity contribution in [2.45, 2.75) is 37.5 Å². The van der Waals surface area contributed by atoms with Crippen molar-refractivity contribution in [1.29, 1.82) is 0 Å². The molecule has 1 aromatic carbocycles. The first kappa shape index (κ1) is 15.2. The number of hydrogen-bond donors (Lipinski definition) is 1. The Bertz CT molecular complexity index is 539. The molecule has 0 heterocycles. The van der Waals surface area contributed by atoms with E-state index in [-0.39, 0.29) is 11.7 Å². The highest BCUT2D eigenvalue weighted by molar-refractivity contribution is 7.99. The maximum atomic E-state index is 13.6. The SMILES string of the molecule is O=C(CSCc1ccc(Cl)cc1F)N[C@H]1C[C@@H]2CC[C@@H]1C2. The van der Waals surface area contributed by atoms with Crippen molar-refractivity contribution in [2.24, 2.45) is 11.8 Å². The molecule has 0 spiro atoms. The molecule has 0 aromatic heterocycles. The van der Waals surface area contributed by atoms with E-state index in [0.717, 1.165) is 12.3 Å². The molecule has 0 saturated heterocycles. The molecule has 3 rings (SSSR count). The predicted molar refractivity (Wildman–Crippen MR) is 85.0 cm³/mol. The van der Waals surface area contributed by atoms with E-state index in [0.29, 0.717) is 34.1 Å². The maximum absolute atomic E-state index is 13.6.